The largest absolute Gasteiger partial charge is 0.466 e. The van der Waals surface area contributed by atoms with Crippen molar-refractivity contribution in [3.63, 3.8) is 0 Å². The molecule has 7 heteroatoms. The normalized spacial score (nSPS) is 9.89. The lowest BCUT2D eigenvalue weighted by atomic mass is 10.1. The third-order valence-electron chi connectivity index (χ3n) is 2.13. The van der Waals surface area contributed by atoms with Crippen LogP contribution in [-0.2, 0) is 16.0 Å². The van der Waals surface area contributed by atoms with Crippen LogP contribution in [0.1, 0.15) is 22.8 Å². The maximum absolute atomic E-state index is 11.3. The second kappa shape index (κ2) is 6.25. The summed E-state index contributed by atoms with van der Waals surface area (Å²) in [5.74, 6) is -0.574. The summed E-state index contributed by atoms with van der Waals surface area (Å²) in [6.45, 7) is 1.84. The van der Waals surface area contributed by atoms with Crippen molar-refractivity contribution in [1.29, 1.82) is 0 Å². The Labute approximate surface area is 111 Å². The van der Waals surface area contributed by atoms with E-state index in [1.54, 1.807) is 6.92 Å². The molecule has 18 heavy (non-hydrogen) atoms. The Kier molecular flexibility index (Phi) is 4.96. The van der Waals surface area contributed by atoms with E-state index in [1.165, 1.54) is 12.1 Å². The summed E-state index contributed by atoms with van der Waals surface area (Å²) in [5, 5.41) is 10.9. The van der Waals surface area contributed by atoms with Crippen molar-refractivity contribution in [2.24, 2.45) is 0 Å². The van der Waals surface area contributed by atoms with E-state index in [9.17, 15) is 19.7 Å². The molecule has 0 radical (unpaired) electrons. The lowest BCUT2D eigenvalue weighted by molar-refractivity contribution is -0.385. The van der Waals surface area contributed by atoms with E-state index in [2.05, 4.69) is 15.9 Å². The molecule has 0 unspecified atom stereocenters. The van der Waals surface area contributed by atoms with Crippen LogP contribution < -0.4 is 0 Å². The average molecular weight is 316 g/mol. The number of hydrogen-bond donors (Lipinski definition) is 0. The molecule has 0 amide bonds. The van der Waals surface area contributed by atoms with Crippen molar-refractivity contribution in [3.8, 4) is 0 Å². The molecule has 0 aromatic heterocycles. The minimum absolute atomic E-state index is 0.0753. The van der Waals surface area contributed by atoms with E-state index in [0.717, 1.165) is 0 Å². The number of rotatable bonds is 5. The van der Waals surface area contributed by atoms with Gasteiger partial charge in [-0.2, -0.15) is 0 Å². The summed E-state index contributed by atoms with van der Waals surface area (Å²) < 4.78 is 5.22. The average Bonchev–Trinajstić information content (AvgIpc) is 2.27. The van der Waals surface area contributed by atoms with Crippen molar-refractivity contribution < 1.29 is 19.2 Å². The summed E-state index contributed by atoms with van der Waals surface area (Å²) in [6, 6.07) is 2.77. The van der Waals surface area contributed by atoms with Crippen LogP contribution in [0, 0.1) is 10.1 Å². The number of carbonyl (C=O) groups excluding carboxylic acids is 2. The van der Waals surface area contributed by atoms with Gasteiger partial charge in [0, 0.05) is 10.0 Å². The minimum Gasteiger partial charge on any atom is -0.466 e. The quantitative estimate of drug-likeness (QED) is 0.360. The predicted octanol–water partition coefficient (Wildman–Crippen LogP) is 2.28. The fourth-order valence-corrected chi connectivity index (χ4v) is 2.02. The number of carbonyl (C=O) groups is 2. The van der Waals surface area contributed by atoms with Crippen molar-refractivity contribution >= 4 is 33.9 Å². The first-order chi connectivity index (χ1) is 8.49. The fourth-order valence-electron chi connectivity index (χ4n) is 1.49. The van der Waals surface area contributed by atoms with Crippen molar-refractivity contribution in [3.05, 3.63) is 37.8 Å². The van der Waals surface area contributed by atoms with Gasteiger partial charge in [-0.3, -0.25) is 19.7 Å². The van der Waals surface area contributed by atoms with Gasteiger partial charge in [0.15, 0.2) is 6.29 Å². The molecule has 6 nitrogen and oxygen atoms in total. The van der Waals surface area contributed by atoms with Crippen molar-refractivity contribution in [2.75, 3.05) is 6.61 Å². The topological polar surface area (TPSA) is 86.5 Å². The van der Waals surface area contributed by atoms with Gasteiger partial charge in [0.05, 0.1) is 23.5 Å². The van der Waals surface area contributed by atoms with Gasteiger partial charge in [0.25, 0.3) is 5.69 Å². The number of aldehydes is 1. The number of nitrogens with zero attached hydrogens (tertiary/aromatic N) is 1. The smallest absolute Gasteiger partial charge is 0.310 e. The Morgan fingerprint density at radius 3 is 2.72 bits per heavy atom. The van der Waals surface area contributed by atoms with Gasteiger partial charge in [-0.05, 0) is 19.1 Å². The molecule has 0 bridgehead atoms. The standard InChI is InChI=1S/C11H10BrNO5/c1-2-18-10(15)5-7-3-9(12)4-8(6-14)11(7)13(16)17/h3-4,6H,2,5H2,1H3. The molecule has 1 aromatic carbocycles. The highest BCUT2D eigenvalue weighted by Crippen LogP contribution is 2.27. The molecule has 0 saturated heterocycles. The number of esters is 1. The Morgan fingerprint density at radius 1 is 1.56 bits per heavy atom. The number of ether oxygens (including phenoxy) is 1. The first-order valence-corrected chi connectivity index (χ1v) is 5.86. The van der Waals surface area contributed by atoms with Crippen LogP contribution in [0.5, 0.6) is 0 Å². The summed E-state index contributed by atoms with van der Waals surface area (Å²) in [7, 11) is 0. The Balaban J connectivity index is 3.23. The molecule has 0 heterocycles. The molecule has 0 fully saturated rings. The van der Waals surface area contributed by atoms with Crippen LogP contribution in [0.3, 0.4) is 0 Å². The van der Waals surface area contributed by atoms with Gasteiger partial charge >= 0.3 is 5.97 Å². The van der Waals surface area contributed by atoms with E-state index < -0.39 is 10.9 Å². The Morgan fingerprint density at radius 2 is 2.22 bits per heavy atom. The SMILES string of the molecule is CCOC(=O)Cc1cc(Br)cc(C=O)c1[N+](=O)[O-]. The molecular weight excluding hydrogens is 306 g/mol. The van der Waals surface area contributed by atoms with E-state index in [-0.39, 0.29) is 29.8 Å². The van der Waals surface area contributed by atoms with Crippen LogP contribution >= 0.6 is 15.9 Å². The maximum atomic E-state index is 11.3. The molecule has 0 aliphatic carbocycles. The summed E-state index contributed by atoms with van der Waals surface area (Å²) in [6.07, 6.45) is 0.141. The molecule has 0 aliphatic heterocycles. The highest BCUT2D eigenvalue weighted by Gasteiger charge is 2.22. The third-order valence-corrected chi connectivity index (χ3v) is 2.59. The van der Waals surface area contributed by atoms with Crippen molar-refractivity contribution in [2.45, 2.75) is 13.3 Å². The second-order valence-electron chi connectivity index (χ2n) is 3.36. The summed E-state index contributed by atoms with van der Waals surface area (Å²) in [5.41, 5.74) is -0.287. The molecule has 1 aromatic rings. The molecule has 96 valence electrons. The first kappa shape index (κ1) is 14.3. The molecule has 0 aliphatic rings. The monoisotopic (exact) mass is 315 g/mol. The lowest BCUT2D eigenvalue weighted by Crippen LogP contribution is -2.10. The highest BCUT2D eigenvalue weighted by atomic mass is 79.9. The van der Waals surface area contributed by atoms with E-state index >= 15 is 0 Å². The minimum atomic E-state index is -0.676. The van der Waals surface area contributed by atoms with Gasteiger partial charge in [0.2, 0.25) is 0 Å². The van der Waals surface area contributed by atoms with Gasteiger partial charge in [-0.15, -0.1) is 0 Å². The number of nitro groups is 1. The van der Waals surface area contributed by atoms with Crippen LogP contribution in [0.4, 0.5) is 5.69 Å². The molecule has 0 atom stereocenters. The summed E-state index contributed by atoms with van der Waals surface area (Å²) >= 11 is 3.13. The molecular formula is C11H10BrNO5. The maximum Gasteiger partial charge on any atom is 0.310 e. The zero-order valence-electron chi connectivity index (χ0n) is 9.51. The lowest BCUT2D eigenvalue weighted by Gasteiger charge is -2.05. The number of benzene rings is 1. The summed E-state index contributed by atoms with van der Waals surface area (Å²) in [4.78, 5) is 32.4. The van der Waals surface area contributed by atoms with E-state index in [1.807, 2.05) is 0 Å². The second-order valence-corrected chi connectivity index (χ2v) is 4.28. The zero-order valence-corrected chi connectivity index (χ0v) is 11.1. The van der Waals surface area contributed by atoms with Crippen LogP contribution in [0.2, 0.25) is 0 Å². The van der Waals surface area contributed by atoms with Gasteiger partial charge in [0.1, 0.15) is 0 Å². The molecule has 0 saturated carbocycles. The molecule has 0 spiro atoms. The highest BCUT2D eigenvalue weighted by molar-refractivity contribution is 9.10. The number of hydrogen-bond acceptors (Lipinski definition) is 5. The zero-order chi connectivity index (χ0) is 13.7. The van der Waals surface area contributed by atoms with Gasteiger partial charge in [-0.25, -0.2) is 0 Å². The first-order valence-electron chi connectivity index (χ1n) is 5.07. The fraction of sp³-hybridized carbons (Fsp3) is 0.273. The van der Waals surface area contributed by atoms with Crippen LogP contribution in [0.25, 0.3) is 0 Å². The van der Waals surface area contributed by atoms with Crippen LogP contribution in [-0.4, -0.2) is 23.8 Å². The van der Waals surface area contributed by atoms with Crippen LogP contribution in [0.15, 0.2) is 16.6 Å². The molecule has 1 rings (SSSR count). The Bertz CT molecular complexity index is 500. The van der Waals surface area contributed by atoms with E-state index in [0.29, 0.717) is 10.8 Å². The van der Waals surface area contributed by atoms with Gasteiger partial charge < -0.3 is 4.74 Å². The van der Waals surface area contributed by atoms with Crippen molar-refractivity contribution in [1.82, 2.24) is 0 Å². The number of nitro benzene ring substituents is 1. The number of halogens is 1. The predicted molar refractivity (Wildman–Crippen MR) is 66.5 cm³/mol. The van der Waals surface area contributed by atoms with Gasteiger partial charge in [-0.1, -0.05) is 15.9 Å². The Hall–Kier alpha value is -1.76. The van der Waals surface area contributed by atoms with E-state index in [4.69, 9.17) is 4.74 Å². The third kappa shape index (κ3) is 3.36. The molecule has 0 N–H and O–H groups in total.